The number of carbonyl (C=O) groups is 2. The van der Waals surface area contributed by atoms with Crippen molar-refractivity contribution in [1.82, 2.24) is 15.1 Å². The Morgan fingerprint density at radius 1 is 1.15 bits per heavy atom. The summed E-state index contributed by atoms with van der Waals surface area (Å²) in [7, 11) is 0. The molecule has 0 bridgehead atoms. The van der Waals surface area contributed by atoms with Crippen LogP contribution in [0.2, 0.25) is 5.02 Å². The molecule has 3 rings (SSSR count). The lowest BCUT2D eigenvalue weighted by atomic mass is 10.1. The van der Waals surface area contributed by atoms with Crippen molar-refractivity contribution in [3.05, 3.63) is 82.1 Å². The molecule has 0 aliphatic rings. The number of aromatic nitrogens is 2. The van der Waals surface area contributed by atoms with E-state index in [0.29, 0.717) is 28.3 Å². The Morgan fingerprint density at radius 2 is 1.82 bits per heavy atom. The monoisotopic (exact) mass is 481 g/mol. The fraction of sp³-hybridized carbons (Fsp3) is 0.261. The fourth-order valence-corrected chi connectivity index (χ4v) is 2.95. The van der Waals surface area contributed by atoms with Gasteiger partial charge in [-0.2, -0.15) is 18.3 Å². The zero-order valence-corrected chi connectivity index (χ0v) is 18.7. The van der Waals surface area contributed by atoms with Crippen LogP contribution in [0.3, 0.4) is 0 Å². The Morgan fingerprint density at radius 3 is 2.36 bits per heavy atom. The van der Waals surface area contributed by atoms with Gasteiger partial charge in [-0.3, -0.25) is 9.59 Å². The number of carbonyl (C=O) groups excluding carboxylic acids is 1. The first-order valence-corrected chi connectivity index (χ1v) is 10.4. The maximum atomic E-state index is 12.8. The molecule has 3 aromatic rings. The van der Waals surface area contributed by atoms with Gasteiger partial charge in [-0.05, 0) is 55.3 Å². The summed E-state index contributed by atoms with van der Waals surface area (Å²) in [5.74, 6) is -1.12. The van der Waals surface area contributed by atoms with Crippen LogP contribution < -0.4 is 5.32 Å². The van der Waals surface area contributed by atoms with Gasteiger partial charge in [0.15, 0.2) is 0 Å². The number of aliphatic carboxylic acids is 1. The summed E-state index contributed by atoms with van der Waals surface area (Å²) in [6.07, 6.45) is -1.98. The molecule has 0 aliphatic heterocycles. The average Bonchev–Trinajstić information content (AvgIpc) is 3.14. The average molecular weight is 482 g/mol. The number of hydrogen-bond donors (Lipinski definition) is 2. The van der Waals surface area contributed by atoms with Crippen molar-refractivity contribution in [1.29, 1.82) is 0 Å². The molecule has 0 fully saturated rings. The molecule has 0 radical (unpaired) electrons. The highest BCUT2D eigenvalue weighted by atomic mass is 35.5. The van der Waals surface area contributed by atoms with E-state index in [9.17, 15) is 22.8 Å². The molecule has 0 unspecified atom stereocenters. The third-order valence-electron chi connectivity index (χ3n) is 4.50. The Bertz CT molecular complexity index is 1100. The molecule has 10 heteroatoms. The number of halogens is 4. The zero-order valence-electron chi connectivity index (χ0n) is 18.0. The molecule has 0 saturated carbocycles. The highest BCUT2D eigenvalue weighted by Crippen LogP contribution is 2.29. The van der Waals surface area contributed by atoms with E-state index < -0.39 is 23.6 Å². The highest BCUT2D eigenvalue weighted by Gasteiger charge is 2.30. The molecule has 1 aromatic heterocycles. The Kier molecular flexibility index (Phi) is 9.04. The van der Waals surface area contributed by atoms with E-state index in [1.54, 1.807) is 35.9 Å². The minimum Gasteiger partial charge on any atom is -0.481 e. The molecule has 176 valence electrons. The van der Waals surface area contributed by atoms with Crippen molar-refractivity contribution in [3.63, 3.8) is 0 Å². The van der Waals surface area contributed by atoms with Crippen molar-refractivity contribution < 1.29 is 27.9 Å². The lowest BCUT2D eigenvalue weighted by Crippen LogP contribution is -2.23. The number of rotatable bonds is 6. The number of nitrogens with one attached hydrogen (secondary N) is 1. The van der Waals surface area contributed by atoms with Gasteiger partial charge in [0, 0.05) is 18.0 Å². The molecule has 2 aromatic carbocycles. The third-order valence-corrected chi connectivity index (χ3v) is 4.75. The van der Waals surface area contributed by atoms with Crippen LogP contribution in [0.1, 0.15) is 46.9 Å². The fourth-order valence-electron chi connectivity index (χ4n) is 2.82. The SMILES string of the molecule is CCCC(=O)O.Cc1c(C(=O)NCc2cccc(C(F)(F)F)c2)cnn1-c1ccc(Cl)cc1. The number of carboxylic acid groups (broad SMARTS) is 1. The molecule has 0 aliphatic carbocycles. The quantitative estimate of drug-likeness (QED) is 0.476. The van der Waals surface area contributed by atoms with E-state index in [-0.39, 0.29) is 6.54 Å². The van der Waals surface area contributed by atoms with E-state index in [2.05, 4.69) is 10.4 Å². The van der Waals surface area contributed by atoms with Crippen molar-refractivity contribution >= 4 is 23.5 Å². The van der Waals surface area contributed by atoms with E-state index in [1.165, 1.54) is 18.3 Å². The molecule has 0 saturated heterocycles. The van der Waals surface area contributed by atoms with Crippen molar-refractivity contribution in [3.8, 4) is 5.69 Å². The minimum absolute atomic E-state index is 0.0195. The topological polar surface area (TPSA) is 84.2 Å². The maximum Gasteiger partial charge on any atom is 0.416 e. The van der Waals surface area contributed by atoms with Crippen LogP contribution in [-0.2, 0) is 17.5 Å². The molecule has 1 amide bonds. The van der Waals surface area contributed by atoms with Gasteiger partial charge in [-0.15, -0.1) is 0 Å². The first-order valence-electron chi connectivity index (χ1n) is 9.99. The van der Waals surface area contributed by atoms with Gasteiger partial charge < -0.3 is 10.4 Å². The standard InChI is InChI=1S/C19H15ClF3N3O.C4H8O2/c1-12-17(11-25-26(12)16-7-5-15(20)6-8-16)18(27)24-10-13-3-2-4-14(9-13)19(21,22)23;1-2-3-4(5)6/h2-9,11H,10H2,1H3,(H,24,27);2-3H2,1H3,(H,5,6). The molecule has 0 atom stereocenters. The number of alkyl halides is 3. The molecule has 33 heavy (non-hydrogen) atoms. The van der Waals surface area contributed by atoms with E-state index in [0.717, 1.165) is 24.2 Å². The van der Waals surface area contributed by atoms with Crippen LogP contribution in [0.25, 0.3) is 5.69 Å². The smallest absolute Gasteiger partial charge is 0.416 e. The van der Waals surface area contributed by atoms with Gasteiger partial charge in [-0.1, -0.05) is 30.7 Å². The number of carboxylic acids is 1. The van der Waals surface area contributed by atoms with Crippen LogP contribution in [0.4, 0.5) is 13.2 Å². The first-order chi connectivity index (χ1) is 15.5. The van der Waals surface area contributed by atoms with Crippen LogP contribution in [0, 0.1) is 6.92 Å². The van der Waals surface area contributed by atoms with Gasteiger partial charge in [0.1, 0.15) is 0 Å². The number of hydrogen-bond acceptors (Lipinski definition) is 3. The summed E-state index contributed by atoms with van der Waals surface area (Å²) < 4.78 is 39.9. The van der Waals surface area contributed by atoms with Crippen LogP contribution >= 0.6 is 11.6 Å². The van der Waals surface area contributed by atoms with Crippen molar-refractivity contribution in [2.45, 2.75) is 39.4 Å². The largest absolute Gasteiger partial charge is 0.481 e. The van der Waals surface area contributed by atoms with Gasteiger partial charge in [0.05, 0.1) is 28.7 Å². The second-order valence-corrected chi connectivity index (χ2v) is 7.49. The van der Waals surface area contributed by atoms with Gasteiger partial charge in [0.25, 0.3) is 5.91 Å². The van der Waals surface area contributed by atoms with Gasteiger partial charge in [0.2, 0.25) is 0 Å². The zero-order chi connectivity index (χ0) is 24.6. The summed E-state index contributed by atoms with van der Waals surface area (Å²) in [6, 6.07) is 11.8. The van der Waals surface area contributed by atoms with Crippen LogP contribution in [-0.4, -0.2) is 26.8 Å². The van der Waals surface area contributed by atoms with Crippen LogP contribution in [0.15, 0.2) is 54.7 Å². The lowest BCUT2D eigenvalue weighted by molar-refractivity contribution is -0.138. The lowest BCUT2D eigenvalue weighted by Gasteiger charge is -2.10. The molecule has 1 heterocycles. The summed E-state index contributed by atoms with van der Waals surface area (Å²) in [5, 5.41) is 15.3. The number of amides is 1. The molecular formula is C23H23ClF3N3O3. The minimum atomic E-state index is -4.42. The normalized spacial score (nSPS) is 10.8. The Labute approximate surface area is 194 Å². The molecule has 6 nitrogen and oxygen atoms in total. The second-order valence-electron chi connectivity index (χ2n) is 7.06. The van der Waals surface area contributed by atoms with Gasteiger partial charge in [-0.25, -0.2) is 4.68 Å². The van der Waals surface area contributed by atoms with E-state index in [4.69, 9.17) is 16.7 Å². The van der Waals surface area contributed by atoms with Gasteiger partial charge >= 0.3 is 12.1 Å². The van der Waals surface area contributed by atoms with E-state index in [1.807, 2.05) is 6.92 Å². The first kappa shape index (κ1) is 25.9. The Balaban J connectivity index is 0.000000569. The summed E-state index contributed by atoms with van der Waals surface area (Å²) in [4.78, 5) is 22.0. The highest BCUT2D eigenvalue weighted by molar-refractivity contribution is 6.30. The molecule has 2 N–H and O–H groups in total. The summed E-state index contributed by atoms with van der Waals surface area (Å²) in [5.41, 5.74) is 1.31. The second kappa shape index (κ2) is 11.5. The molecular weight excluding hydrogens is 459 g/mol. The summed E-state index contributed by atoms with van der Waals surface area (Å²) >= 11 is 5.87. The third kappa shape index (κ3) is 7.64. The maximum absolute atomic E-state index is 12.8. The number of nitrogens with zero attached hydrogens (tertiary/aromatic N) is 2. The predicted octanol–water partition coefficient (Wildman–Crippen LogP) is 5.65. The van der Waals surface area contributed by atoms with E-state index >= 15 is 0 Å². The van der Waals surface area contributed by atoms with Crippen molar-refractivity contribution in [2.24, 2.45) is 0 Å². The predicted molar refractivity (Wildman–Crippen MR) is 118 cm³/mol. The summed E-state index contributed by atoms with van der Waals surface area (Å²) in [6.45, 7) is 3.56. The van der Waals surface area contributed by atoms with Crippen molar-refractivity contribution in [2.75, 3.05) is 0 Å². The number of benzene rings is 2. The van der Waals surface area contributed by atoms with Crippen LogP contribution in [0.5, 0.6) is 0 Å². The molecule has 0 spiro atoms. The Hall–Kier alpha value is -3.33.